The molecule has 2 nitrogen and oxygen atoms in total. The summed E-state index contributed by atoms with van der Waals surface area (Å²) in [6, 6.07) is 11.3. The molecule has 4 heteroatoms. The van der Waals surface area contributed by atoms with Crippen LogP contribution in [0.3, 0.4) is 0 Å². The monoisotopic (exact) mass is 564 g/mol. The van der Waals surface area contributed by atoms with Crippen molar-refractivity contribution in [3.8, 4) is 16.9 Å². The molecule has 0 amide bonds. The maximum Gasteiger partial charge on any atom is 0.201 e. The lowest BCUT2D eigenvalue weighted by Gasteiger charge is -2.41. The highest BCUT2D eigenvalue weighted by molar-refractivity contribution is 5.65. The van der Waals surface area contributed by atoms with Gasteiger partial charge < -0.3 is 9.47 Å². The van der Waals surface area contributed by atoms with Gasteiger partial charge in [-0.1, -0.05) is 56.2 Å². The van der Waals surface area contributed by atoms with Crippen LogP contribution in [0.4, 0.5) is 8.78 Å². The van der Waals surface area contributed by atoms with Gasteiger partial charge in [0.1, 0.15) is 0 Å². The van der Waals surface area contributed by atoms with E-state index in [1.165, 1.54) is 88.7 Å². The minimum absolute atomic E-state index is 0.0151. The van der Waals surface area contributed by atoms with E-state index in [1.807, 2.05) is 19.1 Å². The number of rotatable bonds is 10. The highest BCUT2D eigenvalue weighted by Crippen LogP contribution is 2.44. The van der Waals surface area contributed by atoms with Crippen LogP contribution in [0.25, 0.3) is 11.1 Å². The second-order valence-electron chi connectivity index (χ2n) is 13.0. The van der Waals surface area contributed by atoms with Crippen LogP contribution >= 0.6 is 0 Å². The lowest BCUT2D eigenvalue weighted by Crippen LogP contribution is -2.37. The Morgan fingerprint density at radius 1 is 0.805 bits per heavy atom. The Hall–Kier alpha value is -2.20. The van der Waals surface area contributed by atoms with E-state index < -0.39 is 11.6 Å². The van der Waals surface area contributed by atoms with Crippen LogP contribution in [0.1, 0.15) is 109 Å². The van der Waals surface area contributed by atoms with Crippen molar-refractivity contribution in [2.45, 2.75) is 109 Å². The molecule has 0 radical (unpaired) electrons. The van der Waals surface area contributed by atoms with Gasteiger partial charge in [-0.15, -0.1) is 0 Å². The summed E-state index contributed by atoms with van der Waals surface area (Å²) in [5.41, 5.74) is 2.31. The van der Waals surface area contributed by atoms with Crippen molar-refractivity contribution in [2.75, 3.05) is 13.2 Å². The van der Waals surface area contributed by atoms with Crippen molar-refractivity contribution >= 4 is 0 Å². The Labute approximate surface area is 246 Å². The number of benzene rings is 2. The summed E-state index contributed by atoms with van der Waals surface area (Å²) in [4.78, 5) is 0. The Morgan fingerprint density at radius 2 is 1.51 bits per heavy atom. The number of ether oxygens (including phenoxy) is 2. The summed E-state index contributed by atoms with van der Waals surface area (Å²) < 4.78 is 41.2. The number of hydrogen-bond acceptors (Lipinski definition) is 2. The molecule has 1 heterocycles. The third kappa shape index (κ3) is 7.61. The predicted octanol–water partition coefficient (Wildman–Crippen LogP) is 10.7. The van der Waals surface area contributed by atoms with Crippen LogP contribution in [-0.4, -0.2) is 19.3 Å². The van der Waals surface area contributed by atoms with Crippen molar-refractivity contribution in [2.24, 2.45) is 23.7 Å². The Morgan fingerprint density at radius 3 is 2.17 bits per heavy atom. The van der Waals surface area contributed by atoms with E-state index in [9.17, 15) is 8.78 Å². The van der Waals surface area contributed by atoms with Gasteiger partial charge in [-0.25, -0.2) is 4.39 Å². The summed E-state index contributed by atoms with van der Waals surface area (Å²) in [7, 11) is 0. The molecule has 1 aliphatic heterocycles. The summed E-state index contributed by atoms with van der Waals surface area (Å²) in [5, 5.41) is 0. The molecule has 2 unspecified atom stereocenters. The molecule has 5 rings (SSSR count). The van der Waals surface area contributed by atoms with Gasteiger partial charge in [0.15, 0.2) is 11.6 Å². The number of halogens is 2. The van der Waals surface area contributed by atoms with Gasteiger partial charge in [0, 0.05) is 5.56 Å². The van der Waals surface area contributed by atoms with E-state index >= 15 is 0 Å². The molecular weight excluding hydrogens is 514 g/mol. The molecule has 224 valence electrons. The van der Waals surface area contributed by atoms with Gasteiger partial charge in [0.25, 0.3) is 0 Å². The van der Waals surface area contributed by atoms with E-state index in [4.69, 9.17) is 9.47 Å². The van der Waals surface area contributed by atoms with E-state index in [0.29, 0.717) is 30.1 Å². The maximum atomic E-state index is 14.8. The molecule has 3 fully saturated rings. The van der Waals surface area contributed by atoms with Crippen molar-refractivity contribution in [3.63, 3.8) is 0 Å². The lowest BCUT2D eigenvalue weighted by molar-refractivity contribution is -0.0732. The second kappa shape index (κ2) is 14.8. The first-order chi connectivity index (χ1) is 20.1. The van der Waals surface area contributed by atoms with Crippen LogP contribution in [0.5, 0.6) is 5.75 Å². The van der Waals surface area contributed by atoms with E-state index in [2.05, 4.69) is 31.2 Å². The Kier molecular flexibility index (Phi) is 10.9. The molecule has 2 atom stereocenters. The minimum Gasteiger partial charge on any atom is -0.490 e. The third-order valence-electron chi connectivity index (χ3n) is 10.4. The zero-order chi connectivity index (χ0) is 28.6. The first-order valence-electron chi connectivity index (χ1n) is 16.5. The van der Waals surface area contributed by atoms with E-state index in [0.717, 1.165) is 30.8 Å². The van der Waals surface area contributed by atoms with E-state index in [-0.39, 0.29) is 11.3 Å². The van der Waals surface area contributed by atoms with Gasteiger partial charge >= 0.3 is 0 Å². The fraction of sp³-hybridized carbons (Fsp3) is 0.622. The molecule has 3 aliphatic rings. The van der Waals surface area contributed by atoms with E-state index in [1.54, 1.807) is 6.07 Å². The molecular formula is C37H50F2O2. The summed E-state index contributed by atoms with van der Waals surface area (Å²) in [6.07, 6.45) is 21.4. The lowest BCUT2D eigenvalue weighted by atomic mass is 9.71. The van der Waals surface area contributed by atoms with Gasteiger partial charge in [-0.2, -0.15) is 4.39 Å². The molecule has 0 N–H and O–H groups in total. The second-order valence-corrected chi connectivity index (χ2v) is 13.0. The first-order valence-corrected chi connectivity index (χ1v) is 16.5. The molecule has 2 saturated carbocycles. The molecule has 2 aromatic rings. The molecule has 41 heavy (non-hydrogen) atoms. The molecule has 2 aliphatic carbocycles. The summed E-state index contributed by atoms with van der Waals surface area (Å²) in [5.74, 6) is 1.99. The smallest absolute Gasteiger partial charge is 0.201 e. The van der Waals surface area contributed by atoms with Crippen LogP contribution < -0.4 is 4.74 Å². The Bertz CT molecular complexity index is 1100. The molecule has 1 saturated heterocycles. The average Bonchev–Trinajstić information content (AvgIpc) is 3.03. The first kappa shape index (κ1) is 30.3. The molecule has 0 spiro atoms. The van der Waals surface area contributed by atoms with Gasteiger partial charge in [-0.3, -0.25) is 0 Å². The maximum absolute atomic E-state index is 14.8. The predicted molar refractivity (Wildman–Crippen MR) is 164 cm³/mol. The minimum atomic E-state index is -0.903. The molecule has 2 aromatic carbocycles. The van der Waals surface area contributed by atoms with Gasteiger partial charge in [0.2, 0.25) is 5.82 Å². The molecule has 0 bridgehead atoms. The average molecular weight is 565 g/mol. The highest BCUT2D eigenvalue weighted by atomic mass is 19.2. The third-order valence-corrected chi connectivity index (χ3v) is 10.4. The largest absolute Gasteiger partial charge is 0.490 e. The van der Waals surface area contributed by atoms with Gasteiger partial charge in [-0.05, 0) is 130 Å². The molecule has 0 aromatic heterocycles. The number of allylic oxidation sites excluding steroid dienone is 2. The quantitative estimate of drug-likeness (QED) is 0.267. The SMILES string of the molecule is C/C=C/CCC1CCC(C2CCC(C3CCC(c4ccc(-c5ccc(OCCC)c(F)c5F)cc4)CC3)CO2)CC1. The van der Waals surface area contributed by atoms with Crippen molar-refractivity contribution in [3.05, 3.63) is 65.7 Å². The van der Waals surface area contributed by atoms with Crippen LogP contribution in [-0.2, 0) is 4.74 Å². The fourth-order valence-corrected chi connectivity index (χ4v) is 7.82. The van der Waals surface area contributed by atoms with Crippen LogP contribution in [0.15, 0.2) is 48.6 Å². The highest BCUT2D eigenvalue weighted by Gasteiger charge is 2.35. The topological polar surface area (TPSA) is 18.5 Å². The van der Waals surface area contributed by atoms with Crippen molar-refractivity contribution in [1.82, 2.24) is 0 Å². The van der Waals surface area contributed by atoms with Crippen LogP contribution in [0.2, 0.25) is 0 Å². The van der Waals surface area contributed by atoms with Crippen molar-refractivity contribution < 1.29 is 18.3 Å². The normalized spacial score (nSPS) is 29.1. The van der Waals surface area contributed by atoms with Crippen molar-refractivity contribution in [1.29, 1.82) is 0 Å². The summed E-state index contributed by atoms with van der Waals surface area (Å²) in [6.45, 7) is 5.39. The zero-order valence-electron chi connectivity index (χ0n) is 25.3. The van der Waals surface area contributed by atoms with Crippen LogP contribution in [0, 0.1) is 35.3 Å². The Balaban J connectivity index is 1.06. The summed E-state index contributed by atoms with van der Waals surface area (Å²) >= 11 is 0. The number of hydrogen-bond donors (Lipinski definition) is 0. The van der Waals surface area contributed by atoms with Gasteiger partial charge in [0.05, 0.1) is 19.3 Å². The fourth-order valence-electron chi connectivity index (χ4n) is 7.82. The standard InChI is InChI=1S/C37H50F2O2/c1-3-5-6-7-26-8-10-31(11-9-26)34-22-20-32(25-41-34)29-14-12-27(13-15-29)28-16-18-30(19-17-28)33-21-23-35(40-24-4-2)37(39)36(33)38/h3,5,16-19,21,23,26-27,29,31-32,34H,4,6-15,20,22,24-25H2,1-2H3/b5-3+. The zero-order valence-corrected chi connectivity index (χ0v) is 25.3.